The van der Waals surface area contributed by atoms with Crippen molar-refractivity contribution in [3.63, 3.8) is 0 Å². The van der Waals surface area contributed by atoms with Crippen LogP contribution in [0, 0.1) is 11.3 Å². The zero-order valence-electron chi connectivity index (χ0n) is 11.7. The molecule has 1 aromatic carbocycles. The smallest absolute Gasteiger partial charge is 0.152 e. The van der Waals surface area contributed by atoms with Gasteiger partial charge in [0.15, 0.2) is 5.82 Å². The van der Waals surface area contributed by atoms with Crippen molar-refractivity contribution in [3.8, 4) is 6.07 Å². The topological polar surface area (TPSA) is 72.3 Å². The lowest BCUT2D eigenvalue weighted by Crippen LogP contribution is -2.09. The quantitative estimate of drug-likeness (QED) is 0.696. The van der Waals surface area contributed by atoms with Gasteiger partial charge in [0.05, 0.1) is 34.6 Å². The van der Waals surface area contributed by atoms with Gasteiger partial charge in [-0.25, -0.2) is 4.98 Å². The number of nitrogens with zero attached hydrogens (tertiary/aromatic N) is 6. The predicted molar refractivity (Wildman–Crippen MR) is 78.8 cm³/mol. The van der Waals surface area contributed by atoms with Gasteiger partial charge in [-0.1, -0.05) is 0 Å². The molecule has 1 atom stereocenters. The summed E-state index contributed by atoms with van der Waals surface area (Å²) in [6.07, 6.45) is 1.65. The largest absolute Gasteiger partial charge is 0.319 e. The first-order chi connectivity index (χ1) is 10.1. The summed E-state index contributed by atoms with van der Waals surface area (Å²) in [4.78, 5) is 4.56. The number of benzene rings is 1. The van der Waals surface area contributed by atoms with Crippen LogP contribution in [-0.2, 0) is 13.6 Å². The van der Waals surface area contributed by atoms with Crippen LogP contribution in [0.3, 0.4) is 0 Å². The molecule has 6 nitrogen and oxygen atoms in total. The van der Waals surface area contributed by atoms with Gasteiger partial charge in [-0.05, 0) is 25.1 Å². The molecular weight excluding hydrogens is 288 g/mol. The molecule has 0 aliphatic carbocycles. The van der Waals surface area contributed by atoms with Gasteiger partial charge in [0, 0.05) is 7.05 Å². The van der Waals surface area contributed by atoms with E-state index in [0.29, 0.717) is 12.1 Å². The molecule has 0 bridgehead atoms. The normalized spacial score (nSPS) is 12.5. The Morgan fingerprint density at radius 2 is 2.24 bits per heavy atom. The summed E-state index contributed by atoms with van der Waals surface area (Å²) in [5.41, 5.74) is 2.29. The molecule has 0 radical (unpaired) electrons. The van der Waals surface area contributed by atoms with E-state index in [9.17, 15) is 0 Å². The van der Waals surface area contributed by atoms with Crippen molar-refractivity contribution >= 4 is 22.6 Å². The van der Waals surface area contributed by atoms with E-state index in [2.05, 4.69) is 21.3 Å². The number of hydrogen-bond acceptors (Lipinski definition) is 4. The molecule has 3 aromatic rings. The fourth-order valence-corrected chi connectivity index (χ4v) is 2.44. The Kier molecular flexibility index (Phi) is 3.35. The van der Waals surface area contributed by atoms with E-state index in [1.165, 1.54) is 0 Å². The second-order valence-corrected chi connectivity index (χ2v) is 5.50. The maximum absolute atomic E-state index is 9.07. The minimum atomic E-state index is -0.240. The maximum Gasteiger partial charge on any atom is 0.152 e. The number of aryl methyl sites for hydroxylation is 1. The fourth-order valence-electron chi connectivity index (χ4n) is 2.27. The maximum atomic E-state index is 9.07. The Hall–Kier alpha value is -2.39. The number of alkyl halides is 1. The van der Waals surface area contributed by atoms with E-state index in [-0.39, 0.29) is 5.38 Å². The average Bonchev–Trinajstić information content (AvgIpc) is 3.03. The molecule has 2 aromatic heterocycles. The summed E-state index contributed by atoms with van der Waals surface area (Å²) in [5.74, 6) is 1.56. The van der Waals surface area contributed by atoms with Crippen molar-refractivity contribution in [1.82, 2.24) is 24.3 Å². The van der Waals surface area contributed by atoms with E-state index in [4.69, 9.17) is 16.9 Å². The molecule has 0 spiro atoms. The van der Waals surface area contributed by atoms with Gasteiger partial charge in [-0.15, -0.1) is 21.8 Å². The number of halogens is 1. The first-order valence-electron chi connectivity index (χ1n) is 6.47. The summed E-state index contributed by atoms with van der Waals surface area (Å²) in [6.45, 7) is 2.38. The zero-order valence-corrected chi connectivity index (χ0v) is 12.4. The summed E-state index contributed by atoms with van der Waals surface area (Å²) in [6, 6.07) is 7.56. The van der Waals surface area contributed by atoms with Crippen LogP contribution < -0.4 is 0 Å². The van der Waals surface area contributed by atoms with Gasteiger partial charge in [0.25, 0.3) is 0 Å². The molecule has 0 saturated carbocycles. The summed E-state index contributed by atoms with van der Waals surface area (Å²) >= 11 is 6.24. The first kappa shape index (κ1) is 13.6. The van der Waals surface area contributed by atoms with Crippen molar-refractivity contribution in [1.29, 1.82) is 5.26 Å². The highest BCUT2D eigenvalue weighted by Gasteiger charge is 2.17. The Balaban J connectivity index is 2.19. The molecule has 0 N–H and O–H groups in total. The van der Waals surface area contributed by atoms with Crippen molar-refractivity contribution in [3.05, 3.63) is 41.7 Å². The Morgan fingerprint density at radius 1 is 1.43 bits per heavy atom. The number of nitriles is 1. The van der Waals surface area contributed by atoms with Gasteiger partial charge in [-0.3, -0.25) is 0 Å². The van der Waals surface area contributed by atoms with Crippen LogP contribution in [-0.4, -0.2) is 24.3 Å². The van der Waals surface area contributed by atoms with Crippen molar-refractivity contribution in [2.24, 2.45) is 7.05 Å². The number of hydrogen-bond donors (Lipinski definition) is 0. The van der Waals surface area contributed by atoms with Crippen LogP contribution in [0.4, 0.5) is 0 Å². The van der Waals surface area contributed by atoms with Crippen LogP contribution in [0.15, 0.2) is 24.5 Å². The van der Waals surface area contributed by atoms with Crippen LogP contribution >= 0.6 is 11.6 Å². The van der Waals surface area contributed by atoms with Gasteiger partial charge < -0.3 is 9.13 Å². The minimum Gasteiger partial charge on any atom is -0.319 e. The highest BCUT2D eigenvalue weighted by atomic mass is 35.5. The standard InChI is InChI=1S/C14H13ClN6/c1-9(15)14-18-11-4-3-10(6-16)5-12(11)21(14)7-13-19-17-8-20(13)2/h3-5,8-9H,7H2,1-2H3. The van der Waals surface area contributed by atoms with Crippen LogP contribution in [0.5, 0.6) is 0 Å². The highest BCUT2D eigenvalue weighted by molar-refractivity contribution is 6.20. The van der Waals surface area contributed by atoms with Gasteiger partial charge >= 0.3 is 0 Å². The number of fused-ring (bicyclic) bond motifs is 1. The molecule has 106 valence electrons. The molecule has 0 amide bonds. The lowest BCUT2D eigenvalue weighted by atomic mass is 10.2. The fraction of sp³-hybridized carbons (Fsp3) is 0.286. The van der Waals surface area contributed by atoms with Crippen molar-refractivity contribution < 1.29 is 0 Å². The van der Waals surface area contributed by atoms with E-state index in [1.54, 1.807) is 12.4 Å². The minimum absolute atomic E-state index is 0.240. The molecule has 0 aliphatic rings. The van der Waals surface area contributed by atoms with Crippen LogP contribution in [0.1, 0.15) is 29.5 Å². The van der Waals surface area contributed by atoms with E-state index >= 15 is 0 Å². The van der Waals surface area contributed by atoms with Crippen molar-refractivity contribution in [2.75, 3.05) is 0 Å². The SMILES string of the molecule is CC(Cl)c1nc2ccc(C#N)cc2n1Cc1nncn1C. The molecule has 2 heterocycles. The van der Waals surface area contributed by atoms with Gasteiger partial charge in [-0.2, -0.15) is 5.26 Å². The zero-order chi connectivity index (χ0) is 15.0. The highest BCUT2D eigenvalue weighted by Crippen LogP contribution is 2.26. The van der Waals surface area contributed by atoms with Gasteiger partial charge in [0.1, 0.15) is 12.2 Å². The van der Waals surface area contributed by atoms with E-state index < -0.39 is 0 Å². The second-order valence-electron chi connectivity index (χ2n) is 4.85. The summed E-state index contributed by atoms with van der Waals surface area (Å²) < 4.78 is 3.83. The van der Waals surface area contributed by atoms with Crippen LogP contribution in [0.25, 0.3) is 11.0 Å². The number of aromatic nitrogens is 5. The molecule has 21 heavy (non-hydrogen) atoms. The average molecular weight is 301 g/mol. The lowest BCUT2D eigenvalue weighted by Gasteiger charge is -2.10. The first-order valence-corrected chi connectivity index (χ1v) is 6.91. The molecule has 1 unspecified atom stereocenters. The molecular formula is C14H13ClN6. The Labute approximate surface area is 126 Å². The van der Waals surface area contributed by atoms with E-state index in [1.807, 2.05) is 35.2 Å². The monoisotopic (exact) mass is 300 g/mol. The summed E-state index contributed by atoms with van der Waals surface area (Å²) in [5, 5.41) is 16.8. The second kappa shape index (κ2) is 5.19. The molecule has 3 rings (SSSR count). The number of imidazole rings is 1. The molecule has 0 fully saturated rings. The van der Waals surface area contributed by atoms with Crippen molar-refractivity contribution in [2.45, 2.75) is 18.8 Å². The number of rotatable bonds is 3. The predicted octanol–water partition coefficient (Wildman–Crippen LogP) is 2.38. The molecule has 7 heteroatoms. The molecule has 0 aliphatic heterocycles. The third-order valence-electron chi connectivity index (χ3n) is 3.37. The Morgan fingerprint density at radius 3 is 2.86 bits per heavy atom. The van der Waals surface area contributed by atoms with Gasteiger partial charge in [0.2, 0.25) is 0 Å². The third kappa shape index (κ3) is 2.36. The van der Waals surface area contributed by atoms with E-state index in [0.717, 1.165) is 22.7 Å². The van der Waals surface area contributed by atoms with Crippen LogP contribution in [0.2, 0.25) is 0 Å². The lowest BCUT2D eigenvalue weighted by molar-refractivity contribution is 0.675. The molecule has 0 saturated heterocycles. The summed E-state index contributed by atoms with van der Waals surface area (Å²) in [7, 11) is 1.89. The Bertz CT molecular complexity index is 839. The third-order valence-corrected chi connectivity index (χ3v) is 3.56.